The van der Waals surface area contributed by atoms with E-state index in [0.29, 0.717) is 5.75 Å². The highest BCUT2D eigenvalue weighted by molar-refractivity contribution is 7.92. The van der Waals surface area contributed by atoms with Crippen LogP contribution in [0.1, 0.15) is 13.8 Å². The molecule has 0 radical (unpaired) electrons. The van der Waals surface area contributed by atoms with Gasteiger partial charge in [0.15, 0.2) is 11.5 Å². The van der Waals surface area contributed by atoms with Crippen molar-refractivity contribution in [3.05, 3.63) is 47.2 Å². The number of rotatable bonds is 8. The number of hydrogen-bond donors (Lipinski definition) is 1. The predicted octanol–water partition coefficient (Wildman–Crippen LogP) is 3.22. The van der Waals surface area contributed by atoms with E-state index in [0.717, 1.165) is 16.4 Å². The van der Waals surface area contributed by atoms with Crippen LogP contribution in [0.4, 0.5) is 10.1 Å². The standard InChI is InChI=1S/C19H22ClFN2O5S/c1-12(2)22-19(24)11-23(13-5-7-16(21)15(20)9-13)29(25,26)14-6-8-17(27-3)18(10-14)28-4/h5-10,12H,11H2,1-4H3,(H,22,24). The number of halogens is 2. The van der Waals surface area contributed by atoms with Crippen molar-refractivity contribution in [3.63, 3.8) is 0 Å². The average Bonchev–Trinajstić information content (AvgIpc) is 2.67. The van der Waals surface area contributed by atoms with Crippen molar-refractivity contribution in [2.45, 2.75) is 24.8 Å². The molecular weight excluding hydrogens is 423 g/mol. The molecule has 1 N–H and O–H groups in total. The SMILES string of the molecule is COc1ccc(S(=O)(=O)N(CC(=O)NC(C)C)c2ccc(F)c(Cl)c2)cc1OC. The van der Waals surface area contributed by atoms with Gasteiger partial charge < -0.3 is 14.8 Å². The molecule has 0 aliphatic carbocycles. The molecule has 1 amide bonds. The quantitative estimate of drug-likeness (QED) is 0.675. The van der Waals surface area contributed by atoms with Crippen molar-refractivity contribution in [2.75, 3.05) is 25.1 Å². The number of anilines is 1. The number of nitrogens with one attached hydrogen (secondary N) is 1. The maximum atomic E-state index is 13.6. The van der Waals surface area contributed by atoms with Crippen LogP contribution in [0.3, 0.4) is 0 Å². The number of hydrogen-bond acceptors (Lipinski definition) is 5. The second-order valence-corrected chi connectivity index (χ2v) is 8.62. The predicted molar refractivity (Wildman–Crippen MR) is 109 cm³/mol. The highest BCUT2D eigenvalue weighted by Gasteiger charge is 2.29. The summed E-state index contributed by atoms with van der Waals surface area (Å²) in [6, 6.07) is 7.29. The molecule has 10 heteroatoms. The van der Waals surface area contributed by atoms with E-state index >= 15 is 0 Å². The van der Waals surface area contributed by atoms with Gasteiger partial charge in [-0.1, -0.05) is 11.6 Å². The molecule has 0 heterocycles. The molecule has 0 saturated heterocycles. The fourth-order valence-electron chi connectivity index (χ4n) is 2.56. The van der Waals surface area contributed by atoms with Crippen LogP contribution in [-0.2, 0) is 14.8 Å². The Morgan fingerprint density at radius 3 is 2.34 bits per heavy atom. The first-order chi connectivity index (χ1) is 13.6. The molecule has 0 aromatic heterocycles. The highest BCUT2D eigenvalue weighted by atomic mass is 35.5. The Kier molecular flexibility index (Phi) is 7.32. The lowest BCUT2D eigenvalue weighted by atomic mass is 10.3. The number of ether oxygens (including phenoxy) is 2. The van der Waals surface area contributed by atoms with Crippen LogP contribution >= 0.6 is 11.6 Å². The Morgan fingerprint density at radius 1 is 1.14 bits per heavy atom. The Bertz CT molecular complexity index is 998. The summed E-state index contributed by atoms with van der Waals surface area (Å²) in [5, 5.41) is 2.37. The van der Waals surface area contributed by atoms with Gasteiger partial charge in [0.2, 0.25) is 5.91 Å². The minimum atomic E-state index is -4.22. The maximum Gasteiger partial charge on any atom is 0.264 e. The van der Waals surface area contributed by atoms with E-state index in [1.54, 1.807) is 13.8 Å². The molecule has 0 saturated carbocycles. The first-order valence-corrected chi connectivity index (χ1v) is 10.4. The molecule has 2 rings (SSSR count). The number of benzene rings is 2. The van der Waals surface area contributed by atoms with Gasteiger partial charge >= 0.3 is 0 Å². The molecule has 0 bridgehead atoms. The van der Waals surface area contributed by atoms with Gasteiger partial charge in [-0.2, -0.15) is 0 Å². The molecule has 0 aliphatic heterocycles. The summed E-state index contributed by atoms with van der Waals surface area (Å²) in [6.45, 7) is 2.98. The minimum Gasteiger partial charge on any atom is -0.493 e. The molecule has 7 nitrogen and oxygen atoms in total. The zero-order chi connectivity index (χ0) is 21.8. The minimum absolute atomic E-state index is 0.0464. The second kappa shape index (κ2) is 9.32. The maximum absolute atomic E-state index is 13.6. The van der Waals surface area contributed by atoms with Gasteiger partial charge in [-0.25, -0.2) is 12.8 Å². The lowest BCUT2D eigenvalue weighted by molar-refractivity contribution is -0.120. The summed E-state index contributed by atoms with van der Waals surface area (Å²) in [4.78, 5) is 12.2. The van der Waals surface area contributed by atoms with Gasteiger partial charge in [0, 0.05) is 12.1 Å². The lowest BCUT2D eigenvalue weighted by Crippen LogP contribution is -2.43. The van der Waals surface area contributed by atoms with Crippen molar-refractivity contribution < 1.29 is 27.1 Å². The number of methoxy groups -OCH3 is 2. The topological polar surface area (TPSA) is 84.9 Å². The summed E-state index contributed by atoms with van der Waals surface area (Å²) in [5.41, 5.74) is 0.0464. The van der Waals surface area contributed by atoms with Gasteiger partial charge in [-0.05, 0) is 44.2 Å². The Balaban J connectivity index is 2.56. The molecule has 158 valence electrons. The monoisotopic (exact) mass is 444 g/mol. The van der Waals surface area contributed by atoms with Crippen molar-refractivity contribution in [1.29, 1.82) is 0 Å². The molecule has 0 spiro atoms. The van der Waals surface area contributed by atoms with E-state index in [9.17, 15) is 17.6 Å². The number of amides is 1. The van der Waals surface area contributed by atoms with Crippen LogP contribution in [-0.4, -0.2) is 41.1 Å². The summed E-state index contributed by atoms with van der Waals surface area (Å²) in [6.07, 6.45) is 0. The van der Waals surface area contributed by atoms with E-state index in [1.807, 2.05) is 0 Å². The number of sulfonamides is 1. The molecule has 0 unspecified atom stereocenters. The summed E-state index contributed by atoms with van der Waals surface area (Å²) >= 11 is 5.83. The van der Waals surface area contributed by atoms with Crippen LogP contribution in [0.5, 0.6) is 11.5 Å². The second-order valence-electron chi connectivity index (χ2n) is 6.35. The normalized spacial score (nSPS) is 11.3. The Labute approximate surface area is 174 Å². The van der Waals surface area contributed by atoms with Crippen molar-refractivity contribution in [2.24, 2.45) is 0 Å². The van der Waals surface area contributed by atoms with E-state index < -0.39 is 28.3 Å². The molecule has 2 aromatic carbocycles. The highest BCUT2D eigenvalue weighted by Crippen LogP contribution is 2.33. The van der Waals surface area contributed by atoms with Crippen molar-refractivity contribution in [1.82, 2.24) is 5.32 Å². The first-order valence-electron chi connectivity index (χ1n) is 8.59. The van der Waals surface area contributed by atoms with Crippen LogP contribution in [0.25, 0.3) is 0 Å². The van der Waals surface area contributed by atoms with Crippen molar-refractivity contribution >= 4 is 33.2 Å². The first kappa shape index (κ1) is 22.8. The number of carbonyl (C=O) groups is 1. The largest absolute Gasteiger partial charge is 0.493 e. The van der Waals surface area contributed by atoms with Crippen LogP contribution < -0.4 is 19.1 Å². The lowest BCUT2D eigenvalue weighted by Gasteiger charge is -2.25. The summed E-state index contributed by atoms with van der Waals surface area (Å²) < 4.78 is 51.4. The average molecular weight is 445 g/mol. The third-order valence-corrected chi connectivity index (χ3v) is 5.93. The number of carbonyl (C=O) groups excluding carboxylic acids is 1. The molecule has 2 aromatic rings. The van der Waals surface area contributed by atoms with Gasteiger partial charge in [0.25, 0.3) is 10.0 Å². The number of nitrogens with zero attached hydrogens (tertiary/aromatic N) is 1. The van der Waals surface area contributed by atoms with Gasteiger partial charge in [0.1, 0.15) is 12.4 Å². The molecule has 29 heavy (non-hydrogen) atoms. The van der Waals surface area contributed by atoms with E-state index in [2.05, 4.69) is 5.32 Å². The van der Waals surface area contributed by atoms with Gasteiger partial charge in [-0.3, -0.25) is 9.10 Å². The molecule has 0 fully saturated rings. The van der Waals surface area contributed by atoms with E-state index in [1.165, 1.54) is 38.5 Å². The van der Waals surface area contributed by atoms with E-state index in [4.69, 9.17) is 21.1 Å². The van der Waals surface area contributed by atoms with Crippen LogP contribution in [0, 0.1) is 5.82 Å². The molecule has 0 atom stereocenters. The smallest absolute Gasteiger partial charge is 0.264 e. The zero-order valence-corrected chi connectivity index (χ0v) is 18.0. The van der Waals surface area contributed by atoms with E-state index in [-0.39, 0.29) is 27.4 Å². The van der Waals surface area contributed by atoms with Gasteiger partial charge in [-0.15, -0.1) is 0 Å². The molecule has 0 aliphatic rings. The van der Waals surface area contributed by atoms with Crippen LogP contribution in [0.2, 0.25) is 5.02 Å². The molecular formula is C19H22ClFN2O5S. The van der Waals surface area contributed by atoms with Crippen molar-refractivity contribution in [3.8, 4) is 11.5 Å². The fourth-order valence-corrected chi connectivity index (χ4v) is 4.16. The summed E-state index contributed by atoms with van der Waals surface area (Å²) in [5.74, 6) is -0.673. The third kappa shape index (κ3) is 5.30. The third-order valence-electron chi connectivity index (χ3n) is 3.87. The van der Waals surface area contributed by atoms with Gasteiger partial charge in [0.05, 0.1) is 29.8 Å². The fraction of sp³-hybridized carbons (Fsp3) is 0.316. The Hall–Kier alpha value is -2.52. The Morgan fingerprint density at radius 2 is 1.79 bits per heavy atom. The van der Waals surface area contributed by atoms with Crippen LogP contribution in [0.15, 0.2) is 41.3 Å². The summed E-state index contributed by atoms with van der Waals surface area (Å²) in [7, 11) is -1.41. The zero-order valence-electron chi connectivity index (χ0n) is 16.4.